The van der Waals surface area contributed by atoms with Crippen LogP contribution in [0.5, 0.6) is 0 Å². The second kappa shape index (κ2) is 7.41. The van der Waals surface area contributed by atoms with Crippen molar-refractivity contribution < 1.29 is 4.79 Å². The summed E-state index contributed by atoms with van der Waals surface area (Å²) >= 11 is 5.82. The molecular formula is C15H19ClN6O. The molecule has 0 bridgehead atoms. The van der Waals surface area contributed by atoms with Crippen molar-refractivity contribution in [2.24, 2.45) is 0 Å². The van der Waals surface area contributed by atoms with E-state index in [0.717, 1.165) is 38.9 Å². The fourth-order valence-electron chi connectivity index (χ4n) is 2.55. The Kier molecular flexibility index (Phi) is 5.07. The van der Waals surface area contributed by atoms with E-state index >= 15 is 0 Å². The first-order chi connectivity index (χ1) is 11.2. The van der Waals surface area contributed by atoms with Gasteiger partial charge in [0.05, 0.1) is 23.6 Å². The van der Waals surface area contributed by atoms with E-state index in [9.17, 15) is 4.79 Å². The van der Waals surface area contributed by atoms with Crippen molar-refractivity contribution in [1.29, 1.82) is 0 Å². The number of halogens is 1. The quantitative estimate of drug-likeness (QED) is 0.818. The van der Waals surface area contributed by atoms with E-state index in [0.29, 0.717) is 23.1 Å². The lowest BCUT2D eigenvalue weighted by Crippen LogP contribution is -2.28. The smallest absolute Gasteiger partial charge is 0.274 e. The average Bonchev–Trinajstić information content (AvgIpc) is 3.23. The van der Waals surface area contributed by atoms with Crippen LogP contribution in [-0.2, 0) is 6.54 Å². The number of aromatic nitrogens is 4. The first-order valence-corrected chi connectivity index (χ1v) is 8.13. The third-order valence-electron chi connectivity index (χ3n) is 3.72. The summed E-state index contributed by atoms with van der Waals surface area (Å²) < 4.78 is 1.79. The number of carbonyl (C=O) groups is 1. The second-order valence-electron chi connectivity index (χ2n) is 5.49. The maximum atomic E-state index is 12.3. The molecule has 2 aromatic rings. The maximum Gasteiger partial charge on any atom is 0.274 e. The van der Waals surface area contributed by atoms with E-state index in [1.54, 1.807) is 23.3 Å². The van der Waals surface area contributed by atoms with Gasteiger partial charge in [-0.2, -0.15) is 5.10 Å². The highest BCUT2D eigenvalue weighted by atomic mass is 35.5. The van der Waals surface area contributed by atoms with Gasteiger partial charge in [0.15, 0.2) is 0 Å². The molecule has 0 saturated carbocycles. The largest absolute Gasteiger partial charge is 0.369 e. The standard InChI is InChI=1S/C15H19ClN6O/c16-12-8-19-22(11-12)7-3-4-18-14-10-17-9-13(20-14)15(23)21-5-1-2-6-21/h8-11H,1-7H2,(H,18,20). The first kappa shape index (κ1) is 15.7. The van der Waals surface area contributed by atoms with Gasteiger partial charge in [-0.1, -0.05) is 11.6 Å². The number of anilines is 1. The zero-order chi connectivity index (χ0) is 16.1. The van der Waals surface area contributed by atoms with E-state index in [2.05, 4.69) is 20.4 Å². The number of nitrogens with one attached hydrogen (secondary N) is 1. The van der Waals surface area contributed by atoms with Crippen LogP contribution in [0.15, 0.2) is 24.8 Å². The average molecular weight is 335 g/mol. The van der Waals surface area contributed by atoms with Gasteiger partial charge >= 0.3 is 0 Å². The Hall–Kier alpha value is -2.15. The highest BCUT2D eigenvalue weighted by Crippen LogP contribution is 2.12. The molecule has 0 aliphatic carbocycles. The Morgan fingerprint density at radius 1 is 1.26 bits per heavy atom. The lowest BCUT2D eigenvalue weighted by molar-refractivity contribution is 0.0786. The summed E-state index contributed by atoms with van der Waals surface area (Å²) in [6.07, 6.45) is 9.56. The number of nitrogens with zero attached hydrogens (tertiary/aromatic N) is 5. The van der Waals surface area contributed by atoms with Crippen LogP contribution in [-0.4, -0.2) is 50.2 Å². The predicted molar refractivity (Wildman–Crippen MR) is 87.5 cm³/mol. The lowest BCUT2D eigenvalue weighted by Gasteiger charge is -2.14. The summed E-state index contributed by atoms with van der Waals surface area (Å²) in [6, 6.07) is 0. The molecule has 3 rings (SSSR count). The molecule has 1 saturated heterocycles. The zero-order valence-corrected chi connectivity index (χ0v) is 13.5. The minimum absolute atomic E-state index is 0.0372. The van der Waals surface area contributed by atoms with Crippen LogP contribution in [0.25, 0.3) is 0 Å². The molecule has 2 aromatic heterocycles. The van der Waals surface area contributed by atoms with Crippen molar-refractivity contribution in [2.75, 3.05) is 25.0 Å². The van der Waals surface area contributed by atoms with Gasteiger partial charge in [-0.15, -0.1) is 0 Å². The lowest BCUT2D eigenvalue weighted by atomic mass is 10.3. The van der Waals surface area contributed by atoms with Gasteiger partial charge < -0.3 is 10.2 Å². The van der Waals surface area contributed by atoms with Crippen molar-refractivity contribution in [3.05, 3.63) is 35.5 Å². The summed E-state index contributed by atoms with van der Waals surface area (Å²) in [5, 5.41) is 7.95. The Bertz CT molecular complexity index is 667. The molecule has 1 N–H and O–H groups in total. The van der Waals surface area contributed by atoms with Gasteiger partial charge in [0.1, 0.15) is 11.5 Å². The van der Waals surface area contributed by atoms with Crippen molar-refractivity contribution in [2.45, 2.75) is 25.8 Å². The van der Waals surface area contributed by atoms with E-state index in [1.165, 1.54) is 6.20 Å². The molecular weight excluding hydrogens is 316 g/mol. The molecule has 0 atom stereocenters. The van der Waals surface area contributed by atoms with Crippen LogP contribution >= 0.6 is 11.6 Å². The Labute approximate surface area is 139 Å². The number of likely N-dealkylation sites (tertiary alicyclic amines) is 1. The summed E-state index contributed by atoms with van der Waals surface area (Å²) in [5.41, 5.74) is 0.399. The molecule has 0 unspecified atom stereocenters. The SMILES string of the molecule is O=C(c1cncc(NCCCn2cc(Cl)cn2)n1)N1CCCC1. The number of aryl methyl sites for hydroxylation is 1. The molecule has 0 radical (unpaired) electrons. The molecule has 1 aliphatic rings. The van der Waals surface area contributed by atoms with Gasteiger partial charge in [0, 0.05) is 32.4 Å². The fraction of sp³-hybridized carbons (Fsp3) is 0.467. The molecule has 7 nitrogen and oxygen atoms in total. The summed E-state index contributed by atoms with van der Waals surface area (Å²) in [5.74, 6) is 0.582. The highest BCUT2D eigenvalue weighted by Gasteiger charge is 2.20. The molecule has 122 valence electrons. The molecule has 3 heterocycles. The molecule has 1 fully saturated rings. The molecule has 0 aromatic carbocycles. The predicted octanol–water partition coefficient (Wildman–Crippen LogP) is 2.06. The van der Waals surface area contributed by atoms with Crippen LogP contribution in [0, 0.1) is 0 Å². The van der Waals surface area contributed by atoms with Crippen molar-refractivity contribution in [3.63, 3.8) is 0 Å². The summed E-state index contributed by atoms with van der Waals surface area (Å²) in [7, 11) is 0. The molecule has 0 spiro atoms. The van der Waals surface area contributed by atoms with Gasteiger partial charge in [-0.05, 0) is 19.3 Å². The van der Waals surface area contributed by atoms with Crippen LogP contribution in [0.4, 0.5) is 5.82 Å². The molecule has 1 amide bonds. The van der Waals surface area contributed by atoms with Crippen LogP contribution in [0.2, 0.25) is 5.02 Å². The van der Waals surface area contributed by atoms with Gasteiger partial charge in [-0.25, -0.2) is 4.98 Å². The number of amides is 1. The summed E-state index contributed by atoms with van der Waals surface area (Å²) in [4.78, 5) is 22.6. The van der Waals surface area contributed by atoms with Gasteiger partial charge in [-0.3, -0.25) is 14.5 Å². The topological polar surface area (TPSA) is 75.9 Å². The number of hydrogen-bond donors (Lipinski definition) is 1. The Morgan fingerprint density at radius 2 is 2.09 bits per heavy atom. The van der Waals surface area contributed by atoms with Crippen LogP contribution in [0.3, 0.4) is 0 Å². The van der Waals surface area contributed by atoms with E-state index in [1.807, 2.05) is 4.90 Å². The van der Waals surface area contributed by atoms with Gasteiger partial charge in [0.2, 0.25) is 0 Å². The molecule has 8 heteroatoms. The van der Waals surface area contributed by atoms with Gasteiger partial charge in [0.25, 0.3) is 5.91 Å². The first-order valence-electron chi connectivity index (χ1n) is 7.75. The zero-order valence-electron chi connectivity index (χ0n) is 12.8. The third kappa shape index (κ3) is 4.19. The van der Waals surface area contributed by atoms with Crippen molar-refractivity contribution in [1.82, 2.24) is 24.6 Å². The minimum Gasteiger partial charge on any atom is -0.369 e. The Morgan fingerprint density at radius 3 is 2.83 bits per heavy atom. The van der Waals surface area contributed by atoms with Crippen molar-refractivity contribution in [3.8, 4) is 0 Å². The van der Waals surface area contributed by atoms with Crippen LogP contribution in [0.1, 0.15) is 29.8 Å². The summed E-state index contributed by atoms with van der Waals surface area (Å²) in [6.45, 7) is 3.10. The minimum atomic E-state index is -0.0372. The Balaban J connectivity index is 1.50. The highest BCUT2D eigenvalue weighted by molar-refractivity contribution is 6.30. The molecule has 23 heavy (non-hydrogen) atoms. The van der Waals surface area contributed by atoms with Crippen LogP contribution < -0.4 is 5.32 Å². The maximum absolute atomic E-state index is 12.3. The van der Waals surface area contributed by atoms with E-state index in [-0.39, 0.29) is 5.91 Å². The number of hydrogen-bond acceptors (Lipinski definition) is 5. The fourth-order valence-corrected chi connectivity index (χ4v) is 2.71. The number of rotatable bonds is 6. The number of carbonyl (C=O) groups excluding carboxylic acids is 1. The second-order valence-corrected chi connectivity index (χ2v) is 5.93. The molecule has 1 aliphatic heterocycles. The monoisotopic (exact) mass is 334 g/mol. The van der Waals surface area contributed by atoms with E-state index in [4.69, 9.17) is 11.6 Å². The third-order valence-corrected chi connectivity index (χ3v) is 3.91. The normalized spacial score (nSPS) is 14.2. The van der Waals surface area contributed by atoms with E-state index < -0.39 is 0 Å². The van der Waals surface area contributed by atoms with Crippen molar-refractivity contribution >= 4 is 23.3 Å².